The highest BCUT2D eigenvalue weighted by molar-refractivity contribution is 8.00. The lowest BCUT2D eigenvalue weighted by Gasteiger charge is -2.54. The zero-order valence-electron chi connectivity index (χ0n) is 23.2. The highest BCUT2D eigenvalue weighted by atomic mass is 32.2. The second-order valence-corrected chi connectivity index (χ2v) is 14.0. The standard InChI is InChI=1S/C19H32N4O17P2S/c1-32-37-41(30,38-33-2)18(29,42(31,39-34-3)40-35-4)7-5-6-8-22-14(26)19(21)15(27)23-12(13(24)25)11(9-36-17(20)28)10-43-16(19)23/h16,29H,5-10,21H2,1-4H3,(H2,20,28)(H,22,26)(H,24,25)/t16-,19?/m1/s1. The first-order chi connectivity index (χ1) is 20.1. The van der Waals surface area contributed by atoms with Crippen LogP contribution in [-0.4, -0.2) is 102 Å². The Labute approximate surface area is 248 Å². The average molecular weight is 682 g/mol. The molecule has 1 fully saturated rings. The summed E-state index contributed by atoms with van der Waals surface area (Å²) in [4.78, 5) is 67.0. The van der Waals surface area contributed by atoms with Crippen molar-refractivity contribution in [3.8, 4) is 0 Å². The van der Waals surface area contributed by atoms with Crippen molar-refractivity contribution in [3.05, 3.63) is 11.3 Å². The first-order valence-electron chi connectivity index (χ1n) is 11.9. The number of aliphatic carboxylic acids is 1. The number of hydrogen-bond donors (Lipinski definition) is 5. The van der Waals surface area contributed by atoms with Gasteiger partial charge in [-0.15, -0.1) is 30.5 Å². The number of nitrogens with one attached hydrogen (secondary N) is 1. The van der Waals surface area contributed by atoms with Gasteiger partial charge in [-0.25, -0.2) is 29.1 Å². The monoisotopic (exact) mass is 682 g/mol. The molecule has 2 heterocycles. The number of rotatable bonds is 19. The molecule has 0 aromatic carbocycles. The lowest BCUT2D eigenvalue weighted by Crippen LogP contribution is -2.82. The van der Waals surface area contributed by atoms with Crippen molar-refractivity contribution < 1.29 is 81.5 Å². The number of carbonyl (C=O) groups is 4. The van der Waals surface area contributed by atoms with Gasteiger partial charge in [0.25, 0.3) is 16.9 Å². The van der Waals surface area contributed by atoms with Crippen LogP contribution in [0.2, 0.25) is 0 Å². The van der Waals surface area contributed by atoms with Crippen LogP contribution in [0.5, 0.6) is 0 Å². The number of carbonyl (C=O) groups excluding carboxylic acids is 3. The molecule has 24 heteroatoms. The number of hydrogen-bond acceptors (Lipinski definition) is 18. The Morgan fingerprint density at radius 1 is 1.05 bits per heavy atom. The molecule has 1 unspecified atom stereocenters. The topological polar surface area (TPSA) is 293 Å². The molecule has 246 valence electrons. The molecule has 43 heavy (non-hydrogen) atoms. The largest absolute Gasteiger partial charge is 0.477 e. The molecule has 0 saturated carbocycles. The number of ether oxygens (including phenoxy) is 1. The van der Waals surface area contributed by atoms with Gasteiger partial charge in [0.1, 0.15) is 17.7 Å². The van der Waals surface area contributed by atoms with Crippen molar-refractivity contribution in [2.45, 2.75) is 35.3 Å². The predicted octanol–water partition coefficient (Wildman–Crippen LogP) is -0.336. The van der Waals surface area contributed by atoms with Crippen molar-refractivity contribution in [3.63, 3.8) is 0 Å². The van der Waals surface area contributed by atoms with Crippen LogP contribution in [0.25, 0.3) is 0 Å². The summed E-state index contributed by atoms with van der Waals surface area (Å²) in [7, 11) is -6.53. The number of fused-ring (bicyclic) bond motifs is 1. The van der Waals surface area contributed by atoms with E-state index in [1.807, 2.05) is 0 Å². The van der Waals surface area contributed by atoms with Gasteiger partial charge in [-0.1, -0.05) is 0 Å². The number of aliphatic hydroxyl groups is 1. The van der Waals surface area contributed by atoms with Gasteiger partial charge in [-0.2, -0.15) is 0 Å². The number of carboxylic acid groups (broad SMARTS) is 1. The first kappa shape index (κ1) is 37.0. The normalized spacial score (nSPS) is 20.8. The molecule has 1 saturated heterocycles. The maximum Gasteiger partial charge on any atom is 0.428 e. The summed E-state index contributed by atoms with van der Waals surface area (Å²) in [5, 5.41) is 19.1. The number of primary amides is 1. The highest BCUT2D eigenvalue weighted by Gasteiger charge is 2.68. The van der Waals surface area contributed by atoms with Gasteiger partial charge in [-0.05, 0) is 12.8 Å². The number of thioether (sulfide) groups is 1. The summed E-state index contributed by atoms with van der Waals surface area (Å²) in [6, 6.07) is 0. The number of nitrogens with zero attached hydrogens (tertiary/aromatic N) is 1. The van der Waals surface area contributed by atoms with Crippen LogP contribution in [0.1, 0.15) is 19.3 Å². The Hall–Kier alpha value is -2.17. The van der Waals surface area contributed by atoms with Crippen LogP contribution in [-0.2, 0) is 66.5 Å². The van der Waals surface area contributed by atoms with Crippen LogP contribution >= 0.6 is 27.0 Å². The number of amides is 3. The molecule has 0 aliphatic carbocycles. The van der Waals surface area contributed by atoms with Crippen LogP contribution < -0.4 is 16.8 Å². The molecule has 3 amide bonds. The third-order valence-electron chi connectivity index (χ3n) is 5.95. The van der Waals surface area contributed by atoms with Gasteiger partial charge in [0.15, 0.2) is 0 Å². The maximum atomic E-state index is 13.3. The Kier molecular flexibility index (Phi) is 13.1. The minimum absolute atomic E-state index is 0.0331. The lowest BCUT2D eigenvalue weighted by molar-refractivity contribution is -0.264. The van der Waals surface area contributed by atoms with E-state index < -0.39 is 73.8 Å². The fourth-order valence-electron chi connectivity index (χ4n) is 4.04. The van der Waals surface area contributed by atoms with Crippen molar-refractivity contribution >= 4 is 50.8 Å². The van der Waals surface area contributed by atoms with Crippen LogP contribution in [0.15, 0.2) is 11.3 Å². The number of carboxylic acids is 1. The van der Waals surface area contributed by atoms with Gasteiger partial charge < -0.3 is 31.7 Å². The fraction of sp³-hybridized carbons (Fsp3) is 0.684. The Morgan fingerprint density at radius 2 is 1.56 bits per heavy atom. The number of unbranched alkanes of at least 4 members (excludes halogenated alkanes) is 1. The zero-order chi connectivity index (χ0) is 32.6. The van der Waals surface area contributed by atoms with Crippen molar-refractivity contribution in [1.82, 2.24) is 10.2 Å². The van der Waals surface area contributed by atoms with Crippen molar-refractivity contribution in [1.29, 1.82) is 0 Å². The van der Waals surface area contributed by atoms with E-state index in [2.05, 4.69) is 48.3 Å². The molecule has 0 bridgehead atoms. The van der Waals surface area contributed by atoms with Gasteiger partial charge >= 0.3 is 27.3 Å². The molecular weight excluding hydrogens is 650 g/mol. The van der Waals surface area contributed by atoms with E-state index in [0.717, 1.165) is 45.1 Å². The van der Waals surface area contributed by atoms with Gasteiger partial charge in [0.2, 0.25) is 5.54 Å². The molecular formula is C19H32N4O17P2S. The minimum atomic E-state index is -5.08. The third-order valence-corrected chi connectivity index (χ3v) is 12.4. The smallest absolute Gasteiger partial charge is 0.428 e. The molecule has 0 aromatic heterocycles. The second-order valence-electron chi connectivity index (χ2n) is 8.52. The van der Waals surface area contributed by atoms with Gasteiger partial charge in [0, 0.05) is 24.3 Å². The average Bonchev–Trinajstić information content (AvgIpc) is 2.94. The van der Waals surface area contributed by atoms with E-state index in [-0.39, 0.29) is 30.7 Å². The van der Waals surface area contributed by atoms with Crippen LogP contribution in [0.3, 0.4) is 0 Å². The highest BCUT2D eigenvalue weighted by Crippen LogP contribution is 2.78. The summed E-state index contributed by atoms with van der Waals surface area (Å²) >= 11 is 0.972. The summed E-state index contributed by atoms with van der Waals surface area (Å²) in [5.74, 6) is -3.50. The predicted molar refractivity (Wildman–Crippen MR) is 140 cm³/mol. The maximum absolute atomic E-state index is 13.3. The van der Waals surface area contributed by atoms with Crippen LogP contribution in [0, 0.1) is 0 Å². The third kappa shape index (κ3) is 7.22. The molecule has 2 aliphatic rings. The molecule has 0 aromatic rings. The lowest BCUT2D eigenvalue weighted by atomic mass is 9.86. The SMILES string of the molecule is COOP(=O)(OOC)C(O)(CCCCNC(=O)C1(N)C(=O)N2C(C(=O)O)=C(COC(N)=O)CS[C@@H]21)P(=O)(OOC)OOC. The molecule has 2 atom stereocenters. The van der Waals surface area contributed by atoms with E-state index in [0.29, 0.717) is 0 Å². The molecule has 0 radical (unpaired) electrons. The van der Waals surface area contributed by atoms with E-state index in [4.69, 9.17) is 11.5 Å². The number of nitrogens with two attached hydrogens (primary N) is 2. The Morgan fingerprint density at radius 3 is 2.00 bits per heavy atom. The molecule has 21 nitrogen and oxygen atoms in total. The summed E-state index contributed by atoms with van der Waals surface area (Å²) < 4.78 is 49.6. The molecule has 2 rings (SSSR count). The number of β-lactam (4-membered cyclic amide) rings is 1. The van der Waals surface area contributed by atoms with Crippen molar-refractivity contribution in [2.75, 3.05) is 47.3 Å². The van der Waals surface area contributed by atoms with Crippen LogP contribution in [0.4, 0.5) is 4.79 Å². The second kappa shape index (κ2) is 15.2. The van der Waals surface area contributed by atoms with Gasteiger partial charge in [-0.3, -0.25) is 23.6 Å². The summed E-state index contributed by atoms with van der Waals surface area (Å²) in [6.07, 6.45) is -2.12. The summed E-state index contributed by atoms with van der Waals surface area (Å²) in [5.41, 5.74) is 8.50. The van der Waals surface area contributed by atoms with E-state index >= 15 is 0 Å². The van der Waals surface area contributed by atoms with E-state index in [1.54, 1.807) is 0 Å². The molecule has 7 N–H and O–H groups in total. The minimum Gasteiger partial charge on any atom is -0.477 e. The Bertz CT molecular complexity index is 1150. The quantitative estimate of drug-likeness (QED) is 0.0291. The molecule has 0 spiro atoms. The first-order valence-corrected chi connectivity index (χ1v) is 16.0. The van der Waals surface area contributed by atoms with E-state index in [1.165, 1.54) is 0 Å². The zero-order valence-corrected chi connectivity index (χ0v) is 25.8. The van der Waals surface area contributed by atoms with Gasteiger partial charge in [0.05, 0.1) is 28.4 Å². The molecule has 2 aliphatic heterocycles. The summed E-state index contributed by atoms with van der Waals surface area (Å²) in [6.45, 7) is -0.675. The Balaban J connectivity index is 2.14. The van der Waals surface area contributed by atoms with E-state index in [9.17, 15) is 38.5 Å². The fourth-order valence-corrected chi connectivity index (χ4v) is 9.22. The van der Waals surface area contributed by atoms with Crippen molar-refractivity contribution in [2.24, 2.45) is 11.5 Å².